The van der Waals surface area contributed by atoms with E-state index in [9.17, 15) is 22.8 Å². The van der Waals surface area contributed by atoms with Crippen LogP contribution in [0.4, 0.5) is 10.5 Å². The van der Waals surface area contributed by atoms with E-state index in [0.717, 1.165) is 11.6 Å². The smallest absolute Gasteiger partial charge is 0.342 e. The molecule has 1 aliphatic heterocycles. The molecule has 31 heavy (non-hydrogen) atoms. The molecule has 0 saturated heterocycles. The maximum atomic E-state index is 13.2. The number of amides is 3. The zero-order valence-electron chi connectivity index (χ0n) is 16.8. The summed E-state index contributed by atoms with van der Waals surface area (Å²) in [6, 6.07) is 9.88. The molecule has 0 saturated carbocycles. The van der Waals surface area contributed by atoms with Crippen LogP contribution in [0.25, 0.3) is 0 Å². The number of nitrogens with two attached hydrogens (primary N) is 1. The molecular formula is C20H21N3O7S. The lowest BCUT2D eigenvalue weighted by atomic mass is 10.2. The second-order valence-corrected chi connectivity index (χ2v) is 8.58. The quantitative estimate of drug-likeness (QED) is 0.633. The Hall–Kier alpha value is -3.60. The third kappa shape index (κ3) is 4.45. The highest BCUT2D eigenvalue weighted by molar-refractivity contribution is 7.92. The number of primary amides is 1. The fourth-order valence-electron chi connectivity index (χ4n) is 3.19. The summed E-state index contributed by atoms with van der Waals surface area (Å²) in [6.07, 6.45) is -0.775. The minimum absolute atomic E-state index is 0.0632. The minimum atomic E-state index is -3.96. The number of nitrogens with one attached hydrogen (secondary N) is 1. The molecule has 1 unspecified atom stereocenters. The summed E-state index contributed by atoms with van der Waals surface area (Å²) in [5.41, 5.74) is 6.19. The van der Waals surface area contributed by atoms with Gasteiger partial charge in [-0.05, 0) is 43.2 Å². The molecule has 1 heterocycles. The monoisotopic (exact) mass is 447 g/mol. The number of esters is 1. The Morgan fingerprint density at radius 1 is 1.16 bits per heavy atom. The van der Waals surface area contributed by atoms with Gasteiger partial charge in [0, 0.05) is 6.54 Å². The van der Waals surface area contributed by atoms with E-state index >= 15 is 0 Å². The molecule has 0 radical (unpaired) electrons. The average Bonchev–Trinajstić information content (AvgIpc) is 3.17. The Bertz CT molecular complexity index is 1150. The number of hydrogen-bond donors (Lipinski definition) is 2. The largest absolute Gasteiger partial charge is 0.496 e. The van der Waals surface area contributed by atoms with E-state index < -0.39 is 34.0 Å². The van der Waals surface area contributed by atoms with Crippen molar-refractivity contribution in [1.29, 1.82) is 0 Å². The summed E-state index contributed by atoms with van der Waals surface area (Å²) in [4.78, 5) is 35.1. The molecule has 1 aliphatic rings. The van der Waals surface area contributed by atoms with Crippen LogP contribution in [-0.4, -0.2) is 46.1 Å². The molecule has 164 valence electrons. The maximum Gasteiger partial charge on any atom is 0.342 e. The van der Waals surface area contributed by atoms with Crippen molar-refractivity contribution in [2.24, 2.45) is 5.73 Å². The van der Waals surface area contributed by atoms with Gasteiger partial charge in [0.2, 0.25) is 0 Å². The molecular weight excluding hydrogens is 426 g/mol. The molecule has 2 aromatic carbocycles. The predicted octanol–water partition coefficient (Wildman–Crippen LogP) is 1.19. The Morgan fingerprint density at radius 3 is 2.55 bits per heavy atom. The number of fused-ring (bicyclic) bond motifs is 1. The highest BCUT2D eigenvalue weighted by Crippen LogP contribution is 2.34. The number of carbonyl (C=O) groups is 3. The summed E-state index contributed by atoms with van der Waals surface area (Å²) < 4.78 is 37.9. The van der Waals surface area contributed by atoms with Crippen molar-refractivity contribution in [2.75, 3.05) is 18.0 Å². The van der Waals surface area contributed by atoms with Crippen molar-refractivity contribution in [1.82, 2.24) is 5.32 Å². The predicted molar refractivity (Wildman–Crippen MR) is 110 cm³/mol. The summed E-state index contributed by atoms with van der Waals surface area (Å²) in [5, 5.41) is 1.80. The van der Waals surface area contributed by atoms with E-state index in [-0.39, 0.29) is 22.8 Å². The van der Waals surface area contributed by atoms with Crippen LogP contribution in [0.2, 0.25) is 0 Å². The number of hydrogen-bond acceptors (Lipinski definition) is 7. The van der Waals surface area contributed by atoms with Crippen LogP contribution in [-0.2, 0) is 26.0 Å². The lowest BCUT2D eigenvalue weighted by Gasteiger charge is -2.20. The first-order valence-electron chi connectivity index (χ1n) is 9.25. The highest BCUT2D eigenvalue weighted by atomic mass is 32.2. The van der Waals surface area contributed by atoms with E-state index in [1.807, 2.05) is 12.1 Å². The summed E-state index contributed by atoms with van der Waals surface area (Å²) in [5.74, 6) is -1.85. The number of para-hydroxylation sites is 1. The SMILES string of the molecule is COc1ccc(S(=O)(=O)N2CCc3ccccc32)cc1C(=O)OC(C)C(=O)NC(N)=O. The van der Waals surface area contributed by atoms with Gasteiger partial charge >= 0.3 is 12.0 Å². The molecule has 0 spiro atoms. The molecule has 10 nitrogen and oxygen atoms in total. The van der Waals surface area contributed by atoms with Crippen LogP contribution in [0.15, 0.2) is 47.4 Å². The van der Waals surface area contributed by atoms with Crippen LogP contribution in [0, 0.1) is 0 Å². The number of nitrogens with zero attached hydrogens (tertiary/aromatic N) is 1. The fourth-order valence-corrected chi connectivity index (χ4v) is 4.72. The first-order chi connectivity index (χ1) is 14.6. The van der Waals surface area contributed by atoms with Gasteiger partial charge in [-0.15, -0.1) is 0 Å². The molecule has 3 rings (SSSR count). The molecule has 0 fully saturated rings. The normalized spacial score (nSPS) is 13.8. The number of methoxy groups -OCH3 is 1. The molecule has 0 aliphatic carbocycles. The molecule has 0 bridgehead atoms. The van der Waals surface area contributed by atoms with Crippen molar-refractivity contribution in [3.05, 3.63) is 53.6 Å². The lowest BCUT2D eigenvalue weighted by molar-refractivity contribution is -0.127. The van der Waals surface area contributed by atoms with Gasteiger partial charge in [-0.1, -0.05) is 18.2 Å². The van der Waals surface area contributed by atoms with Gasteiger partial charge in [0.25, 0.3) is 15.9 Å². The maximum absolute atomic E-state index is 13.2. The Morgan fingerprint density at radius 2 is 1.87 bits per heavy atom. The van der Waals surface area contributed by atoms with E-state index in [4.69, 9.17) is 15.2 Å². The van der Waals surface area contributed by atoms with E-state index in [1.165, 1.54) is 30.5 Å². The Balaban J connectivity index is 1.91. The van der Waals surface area contributed by atoms with Gasteiger partial charge in [0.15, 0.2) is 6.10 Å². The molecule has 1 atom stereocenters. The van der Waals surface area contributed by atoms with Crippen molar-refractivity contribution < 1.29 is 32.3 Å². The molecule has 11 heteroatoms. The fraction of sp³-hybridized carbons (Fsp3) is 0.250. The van der Waals surface area contributed by atoms with Crippen LogP contribution >= 0.6 is 0 Å². The van der Waals surface area contributed by atoms with Gasteiger partial charge in [-0.25, -0.2) is 18.0 Å². The van der Waals surface area contributed by atoms with Crippen LogP contribution < -0.4 is 20.1 Å². The lowest BCUT2D eigenvalue weighted by Crippen LogP contribution is -2.42. The molecule has 2 aromatic rings. The highest BCUT2D eigenvalue weighted by Gasteiger charge is 2.32. The second kappa shape index (κ2) is 8.64. The number of imide groups is 1. The first-order valence-corrected chi connectivity index (χ1v) is 10.7. The van der Waals surface area contributed by atoms with Gasteiger partial charge < -0.3 is 15.2 Å². The van der Waals surface area contributed by atoms with Gasteiger partial charge in [-0.2, -0.15) is 0 Å². The number of benzene rings is 2. The zero-order chi connectivity index (χ0) is 22.8. The Labute approximate surface area is 179 Å². The standard InChI is InChI=1S/C20H21N3O7S/c1-12(18(24)22-20(21)26)30-19(25)15-11-14(7-8-17(15)29-2)31(27,28)23-10-9-13-5-3-4-6-16(13)23/h3-8,11-12H,9-10H2,1-2H3,(H3,21,22,24,26). The number of sulfonamides is 1. The number of anilines is 1. The van der Waals surface area contributed by atoms with Crippen molar-refractivity contribution in [2.45, 2.75) is 24.3 Å². The van der Waals surface area contributed by atoms with Crippen LogP contribution in [0.1, 0.15) is 22.8 Å². The third-order valence-electron chi connectivity index (χ3n) is 4.72. The van der Waals surface area contributed by atoms with Gasteiger partial charge in [0.05, 0.1) is 17.7 Å². The van der Waals surface area contributed by atoms with E-state index in [2.05, 4.69) is 0 Å². The number of carbonyl (C=O) groups excluding carboxylic acids is 3. The number of urea groups is 1. The molecule has 0 aromatic heterocycles. The topological polar surface area (TPSA) is 145 Å². The first kappa shape index (κ1) is 22.1. The van der Waals surface area contributed by atoms with Gasteiger partial charge in [-0.3, -0.25) is 14.4 Å². The Kier molecular flexibility index (Phi) is 6.16. The summed E-state index contributed by atoms with van der Waals surface area (Å²) >= 11 is 0. The third-order valence-corrected chi connectivity index (χ3v) is 6.53. The van der Waals surface area contributed by atoms with Crippen LogP contribution in [0.3, 0.4) is 0 Å². The second-order valence-electron chi connectivity index (χ2n) is 6.72. The van der Waals surface area contributed by atoms with Crippen molar-refractivity contribution in [3.63, 3.8) is 0 Å². The summed E-state index contributed by atoms with van der Waals surface area (Å²) in [6.45, 7) is 1.52. The average molecular weight is 447 g/mol. The van der Waals surface area contributed by atoms with Crippen LogP contribution in [0.5, 0.6) is 5.75 Å². The molecule has 3 N–H and O–H groups in total. The number of ether oxygens (including phenoxy) is 2. The van der Waals surface area contributed by atoms with Gasteiger partial charge in [0.1, 0.15) is 11.3 Å². The minimum Gasteiger partial charge on any atom is -0.496 e. The molecule has 3 amide bonds. The van der Waals surface area contributed by atoms with Crippen molar-refractivity contribution in [3.8, 4) is 5.75 Å². The van der Waals surface area contributed by atoms with Crippen molar-refractivity contribution >= 4 is 33.6 Å². The van der Waals surface area contributed by atoms with E-state index in [0.29, 0.717) is 12.1 Å². The number of rotatable bonds is 6. The summed E-state index contributed by atoms with van der Waals surface area (Å²) in [7, 11) is -2.66. The van der Waals surface area contributed by atoms with E-state index in [1.54, 1.807) is 17.4 Å². The zero-order valence-corrected chi connectivity index (χ0v) is 17.6.